The molecule has 0 bridgehead atoms. The summed E-state index contributed by atoms with van der Waals surface area (Å²) in [4.78, 5) is 11.9. The number of H-pyrrole nitrogens is 1. The van der Waals surface area contributed by atoms with E-state index in [-0.39, 0.29) is 17.7 Å². The number of aliphatic carboxylic acids is 1. The van der Waals surface area contributed by atoms with E-state index < -0.39 is 11.6 Å². The molecule has 2 aromatic carbocycles. The summed E-state index contributed by atoms with van der Waals surface area (Å²) in [5, 5.41) is 19.0. The van der Waals surface area contributed by atoms with E-state index in [1.165, 1.54) is 13.2 Å². The lowest BCUT2D eigenvalue weighted by molar-refractivity contribution is -0.175. The quantitative estimate of drug-likeness (QED) is 0.438. The van der Waals surface area contributed by atoms with Gasteiger partial charge in [0.1, 0.15) is 5.82 Å². The Labute approximate surface area is 185 Å². The highest BCUT2D eigenvalue weighted by atomic mass is 19.1. The number of aromatic amines is 1. The zero-order chi connectivity index (χ0) is 22.8. The van der Waals surface area contributed by atoms with Crippen LogP contribution in [0.2, 0.25) is 0 Å². The second-order valence-electron chi connectivity index (χ2n) is 9.16. The molecular formula is C25H26FN3O3. The number of benzene rings is 2. The molecule has 4 aromatic rings. The summed E-state index contributed by atoms with van der Waals surface area (Å²) >= 11 is 0. The predicted octanol–water partition coefficient (Wildman–Crippen LogP) is 5.42. The molecule has 1 aliphatic rings. The maximum atomic E-state index is 14.1. The monoisotopic (exact) mass is 435 g/mol. The van der Waals surface area contributed by atoms with Crippen LogP contribution < -0.4 is 0 Å². The van der Waals surface area contributed by atoms with Gasteiger partial charge in [-0.1, -0.05) is 13.8 Å². The highest BCUT2D eigenvalue weighted by Gasteiger charge is 2.53. The molecule has 1 fully saturated rings. The first-order valence-electron chi connectivity index (χ1n) is 10.8. The smallest absolute Gasteiger partial charge is 0.335 e. The van der Waals surface area contributed by atoms with Gasteiger partial charge < -0.3 is 14.4 Å². The summed E-state index contributed by atoms with van der Waals surface area (Å²) < 4.78 is 21.7. The highest BCUT2D eigenvalue weighted by Crippen LogP contribution is 2.52. The molecule has 1 saturated carbocycles. The molecule has 0 unspecified atom stereocenters. The molecule has 0 radical (unpaired) electrons. The van der Waals surface area contributed by atoms with E-state index in [4.69, 9.17) is 4.74 Å². The molecule has 0 amide bonds. The fourth-order valence-electron chi connectivity index (χ4n) is 5.18. The zero-order valence-electron chi connectivity index (χ0n) is 18.6. The lowest BCUT2D eigenvalue weighted by Crippen LogP contribution is -2.51. The van der Waals surface area contributed by atoms with E-state index in [2.05, 4.69) is 40.7 Å². The van der Waals surface area contributed by atoms with Crippen LogP contribution in [0.15, 0.2) is 36.5 Å². The van der Waals surface area contributed by atoms with Crippen molar-refractivity contribution in [2.45, 2.75) is 51.0 Å². The van der Waals surface area contributed by atoms with Crippen molar-refractivity contribution in [2.24, 2.45) is 0 Å². The van der Waals surface area contributed by atoms with Crippen molar-refractivity contribution in [1.29, 1.82) is 0 Å². The van der Waals surface area contributed by atoms with Crippen molar-refractivity contribution in [2.75, 3.05) is 7.11 Å². The van der Waals surface area contributed by atoms with Gasteiger partial charge in [0.15, 0.2) is 5.60 Å². The SMILES string of the molecule is COC1(C(=O)O)CC(c2c(C(C)C)n(-c3ccc(F)c(C)c3)c3cc4cn[nH]c4cc23)C1. The molecule has 2 N–H and O–H groups in total. The summed E-state index contributed by atoms with van der Waals surface area (Å²) in [7, 11) is 1.46. The number of hydrogen-bond donors (Lipinski definition) is 2. The maximum absolute atomic E-state index is 14.1. The van der Waals surface area contributed by atoms with Gasteiger partial charge in [0.05, 0.1) is 17.2 Å². The molecule has 7 heteroatoms. The summed E-state index contributed by atoms with van der Waals surface area (Å²) in [6.45, 7) is 6.04. The summed E-state index contributed by atoms with van der Waals surface area (Å²) in [6, 6.07) is 9.36. The first-order valence-corrected chi connectivity index (χ1v) is 10.8. The van der Waals surface area contributed by atoms with E-state index in [1.54, 1.807) is 19.2 Å². The van der Waals surface area contributed by atoms with E-state index in [0.29, 0.717) is 18.4 Å². The van der Waals surface area contributed by atoms with Crippen LogP contribution in [-0.4, -0.2) is 38.6 Å². The Kier molecular flexibility index (Phi) is 4.64. The van der Waals surface area contributed by atoms with Gasteiger partial charge in [-0.15, -0.1) is 0 Å². The van der Waals surface area contributed by atoms with Gasteiger partial charge in [-0.3, -0.25) is 5.10 Å². The van der Waals surface area contributed by atoms with Crippen molar-refractivity contribution < 1.29 is 19.0 Å². The Balaban J connectivity index is 1.80. The Bertz CT molecular complexity index is 1360. The topological polar surface area (TPSA) is 80.1 Å². The number of methoxy groups -OCH3 is 1. The van der Waals surface area contributed by atoms with E-state index in [0.717, 1.165) is 38.8 Å². The van der Waals surface area contributed by atoms with E-state index in [1.807, 2.05) is 6.07 Å². The Morgan fingerprint density at radius 2 is 2.06 bits per heavy atom. The average molecular weight is 435 g/mol. The first kappa shape index (κ1) is 20.7. The van der Waals surface area contributed by atoms with Gasteiger partial charge in [0, 0.05) is 29.3 Å². The summed E-state index contributed by atoms with van der Waals surface area (Å²) in [5.74, 6) is -0.939. The van der Waals surface area contributed by atoms with Crippen molar-refractivity contribution in [3.8, 4) is 5.69 Å². The molecule has 1 aliphatic carbocycles. The number of fused-ring (bicyclic) bond motifs is 2. The molecule has 0 atom stereocenters. The van der Waals surface area contributed by atoms with Gasteiger partial charge in [-0.2, -0.15) is 5.10 Å². The third-order valence-corrected chi connectivity index (χ3v) is 6.89. The predicted molar refractivity (Wildman–Crippen MR) is 121 cm³/mol. The van der Waals surface area contributed by atoms with Gasteiger partial charge in [-0.05, 0) is 73.1 Å². The number of aromatic nitrogens is 3. The number of carboxylic acids is 1. The number of ether oxygens (including phenoxy) is 1. The van der Waals surface area contributed by atoms with Gasteiger partial charge in [0.2, 0.25) is 0 Å². The molecule has 0 saturated heterocycles. The number of hydrogen-bond acceptors (Lipinski definition) is 3. The molecule has 2 heterocycles. The normalized spacial score (nSPS) is 20.9. The number of halogens is 1. The van der Waals surface area contributed by atoms with Crippen LogP contribution in [0.5, 0.6) is 0 Å². The number of carboxylic acid groups (broad SMARTS) is 1. The molecule has 2 aromatic heterocycles. The van der Waals surface area contributed by atoms with Crippen LogP contribution in [0.4, 0.5) is 4.39 Å². The number of aryl methyl sites for hydroxylation is 1. The molecule has 32 heavy (non-hydrogen) atoms. The Hall–Kier alpha value is -3.19. The van der Waals surface area contributed by atoms with Gasteiger partial charge >= 0.3 is 5.97 Å². The lowest BCUT2D eigenvalue weighted by atomic mass is 9.66. The van der Waals surface area contributed by atoms with Gasteiger partial charge in [0.25, 0.3) is 0 Å². The molecule has 6 nitrogen and oxygen atoms in total. The second-order valence-corrected chi connectivity index (χ2v) is 9.16. The number of rotatable bonds is 5. The third kappa shape index (κ3) is 2.88. The van der Waals surface area contributed by atoms with Crippen LogP contribution in [0.1, 0.15) is 55.3 Å². The minimum Gasteiger partial charge on any atom is -0.479 e. The molecule has 5 rings (SSSR count). The minimum atomic E-state index is -1.14. The lowest BCUT2D eigenvalue weighted by Gasteiger charge is -2.43. The number of nitrogens with one attached hydrogen (secondary N) is 1. The van der Waals surface area contributed by atoms with E-state index >= 15 is 0 Å². The molecule has 166 valence electrons. The second kappa shape index (κ2) is 7.17. The third-order valence-electron chi connectivity index (χ3n) is 6.89. The molecule has 0 aliphatic heterocycles. The van der Waals surface area contributed by atoms with Gasteiger partial charge in [-0.25, -0.2) is 9.18 Å². The number of carbonyl (C=O) groups is 1. The zero-order valence-corrected chi connectivity index (χ0v) is 18.6. The summed E-state index contributed by atoms with van der Waals surface area (Å²) in [6.07, 6.45) is 2.63. The Morgan fingerprint density at radius 1 is 1.31 bits per heavy atom. The van der Waals surface area contributed by atoms with E-state index in [9.17, 15) is 14.3 Å². The number of nitrogens with zero attached hydrogens (tertiary/aromatic N) is 2. The minimum absolute atomic E-state index is 0.0501. The van der Waals surface area contributed by atoms with Crippen LogP contribution in [0.25, 0.3) is 27.5 Å². The fraction of sp³-hybridized carbons (Fsp3) is 0.360. The van der Waals surface area contributed by atoms with Crippen LogP contribution >= 0.6 is 0 Å². The van der Waals surface area contributed by atoms with Crippen LogP contribution in [0, 0.1) is 12.7 Å². The Morgan fingerprint density at radius 3 is 2.69 bits per heavy atom. The highest BCUT2D eigenvalue weighted by molar-refractivity contribution is 5.99. The largest absolute Gasteiger partial charge is 0.479 e. The van der Waals surface area contributed by atoms with Crippen LogP contribution in [-0.2, 0) is 9.53 Å². The standard InChI is InChI=1S/C25H26FN3O3/c1-13(2)23-22(16-10-25(11-16,32-4)24(30)31)18-9-20-15(12-27-28-20)8-21(18)29(23)17-5-6-19(26)14(3)7-17/h5-9,12-13,16H,10-11H2,1-4H3,(H,27,28)(H,30,31). The summed E-state index contributed by atoms with van der Waals surface area (Å²) in [5.41, 5.74) is 4.53. The molecular weight excluding hydrogens is 409 g/mol. The van der Waals surface area contributed by atoms with Crippen molar-refractivity contribution >= 4 is 27.8 Å². The van der Waals surface area contributed by atoms with Crippen LogP contribution in [0.3, 0.4) is 0 Å². The average Bonchev–Trinajstić information content (AvgIpc) is 3.30. The first-order chi connectivity index (χ1) is 15.3. The van der Waals surface area contributed by atoms with Crippen molar-refractivity contribution in [3.63, 3.8) is 0 Å². The van der Waals surface area contributed by atoms with Crippen molar-refractivity contribution in [3.05, 3.63) is 59.2 Å². The van der Waals surface area contributed by atoms with Crippen molar-refractivity contribution in [1.82, 2.24) is 14.8 Å². The fourth-order valence-corrected chi connectivity index (χ4v) is 5.18. The maximum Gasteiger partial charge on any atom is 0.335 e. The molecule has 0 spiro atoms.